The van der Waals surface area contributed by atoms with E-state index >= 15 is 0 Å². The molecule has 0 bridgehead atoms. The molecule has 44 heavy (non-hydrogen) atoms. The van der Waals surface area contributed by atoms with E-state index in [1.54, 1.807) is 19.6 Å². The van der Waals surface area contributed by atoms with E-state index in [0.717, 1.165) is 29.8 Å². The molecule has 0 radical (unpaired) electrons. The molecule has 1 aromatic carbocycles. The number of carbonyl (C=O) groups excluding carboxylic acids is 2. The van der Waals surface area contributed by atoms with Crippen LogP contribution in [-0.4, -0.2) is 111 Å². The topological polar surface area (TPSA) is 165 Å². The molecule has 4 N–H and O–H groups in total. The molecular weight excluding hydrogens is 607 g/mol. The summed E-state index contributed by atoms with van der Waals surface area (Å²) < 4.78 is 37.2. The molecule has 12 nitrogen and oxygen atoms in total. The number of H-pyrrole nitrogens is 1. The summed E-state index contributed by atoms with van der Waals surface area (Å²) in [7, 11) is 1.61. The third kappa shape index (κ3) is 12.4. The second-order valence-electron chi connectivity index (χ2n) is 9.98. The van der Waals surface area contributed by atoms with Gasteiger partial charge in [0.15, 0.2) is 0 Å². The van der Waals surface area contributed by atoms with Gasteiger partial charge >= 0.3 is 18.1 Å². The highest BCUT2D eigenvalue weighted by atomic mass is 32.2. The van der Waals surface area contributed by atoms with Crippen LogP contribution in [0.1, 0.15) is 36.9 Å². The van der Waals surface area contributed by atoms with Crippen molar-refractivity contribution in [1.82, 2.24) is 25.1 Å². The number of imidazole rings is 1. The largest absolute Gasteiger partial charge is 0.496 e. The van der Waals surface area contributed by atoms with Crippen LogP contribution in [0.5, 0.6) is 5.75 Å². The molecule has 1 aliphatic rings. The zero-order chi connectivity index (χ0) is 32.7. The molecule has 0 saturated carbocycles. The number of para-hydroxylation sites is 1. The van der Waals surface area contributed by atoms with Crippen LogP contribution < -0.4 is 10.1 Å². The summed E-state index contributed by atoms with van der Waals surface area (Å²) in [4.78, 5) is 57.5. The smallest absolute Gasteiger partial charge is 0.490 e. The van der Waals surface area contributed by atoms with Crippen molar-refractivity contribution in [3.63, 3.8) is 0 Å². The number of carboxylic acid groups (broad SMARTS) is 2. The maximum absolute atomic E-state index is 13.0. The molecule has 16 heteroatoms. The maximum Gasteiger partial charge on any atom is 0.490 e. The first-order valence-electron chi connectivity index (χ1n) is 13.8. The number of likely N-dealkylation sites (tertiary alicyclic amines) is 1. The third-order valence-corrected chi connectivity index (χ3v) is 7.41. The van der Waals surface area contributed by atoms with Crippen molar-refractivity contribution in [3.8, 4) is 5.75 Å². The third-order valence-electron chi connectivity index (χ3n) is 6.77. The number of alkyl halides is 3. The van der Waals surface area contributed by atoms with E-state index in [4.69, 9.17) is 14.6 Å². The van der Waals surface area contributed by atoms with Crippen molar-refractivity contribution in [2.45, 2.75) is 56.9 Å². The first-order chi connectivity index (χ1) is 20.8. The number of aromatic nitrogens is 2. The van der Waals surface area contributed by atoms with Crippen LogP contribution in [0.15, 0.2) is 36.8 Å². The van der Waals surface area contributed by atoms with Gasteiger partial charge in [-0.2, -0.15) is 24.9 Å². The van der Waals surface area contributed by atoms with E-state index in [1.165, 1.54) is 11.8 Å². The molecular formula is C28H38F3N5O7S. The minimum absolute atomic E-state index is 0.0216. The number of hydrogen-bond acceptors (Lipinski definition) is 8. The highest BCUT2D eigenvalue weighted by Gasteiger charge is 2.38. The van der Waals surface area contributed by atoms with Crippen LogP contribution >= 0.6 is 11.8 Å². The van der Waals surface area contributed by atoms with Crippen LogP contribution in [0.25, 0.3) is 0 Å². The second kappa shape index (κ2) is 18.1. The van der Waals surface area contributed by atoms with Crippen molar-refractivity contribution >= 4 is 35.5 Å². The Kier molecular flexibility index (Phi) is 15.0. The van der Waals surface area contributed by atoms with Gasteiger partial charge in [-0.1, -0.05) is 18.2 Å². The number of aliphatic carboxylic acids is 2. The number of thioether (sulfide) groups is 1. The monoisotopic (exact) mass is 645 g/mol. The molecule has 2 amide bonds. The number of nitrogens with zero attached hydrogens (tertiary/aromatic N) is 3. The lowest BCUT2D eigenvalue weighted by Gasteiger charge is -2.31. The van der Waals surface area contributed by atoms with Gasteiger partial charge in [-0.25, -0.2) is 14.6 Å². The first kappa shape index (κ1) is 36.4. The van der Waals surface area contributed by atoms with Crippen molar-refractivity contribution in [1.29, 1.82) is 0 Å². The number of aromatic amines is 1. The van der Waals surface area contributed by atoms with Gasteiger partial charge < -0.3 is 30.2 Å². The minimum atomic E-state index is -5.08. The van der Waals surface area contributed by atoms with Crippen molar-refractivity contribution in [3.05, 3.63) is 48.0 Å². The molecule has 1 aliphatic heterocycles. The van der Waals surface area contributed by atoms with Gasteiger partial charge in [0, 0.05) is 49.6 Å². The summed E-state index contributed by atoms with van der Waals surface area (Å²) in [5.74, 6) is -2.70. The summed E-state index contributed by atoms with van der Waals surface area (Å²) >= 11 is 1.54. The van der Waals surface area contributed by atoms with E-state index < -0.39 is 24.2 Å². The second-order valence-corrected chi connectivity index (χ2v) is 11.0. The van der Waals surface area contributed by atoms with E-state index in [9.17, 15) is 32.7 Å². The lowest BCUT2D eigenvalue weighted by molar-refractivity contribution is -0.192. The number of amides is 2. The Morgan fingerprint density at radius 1 is 1.25 bits per heavy atom. The van der Waals surface area contributed by atoms with Crippen LogP contribution in [-0.2, 0) is 32.1 Å². The minimum Gasteiger partial charge on any atom is -0.496 e. The summed E-state index contributed by atoms with van der Waals surface area (Å²) in [6, 6.07) is 6.67. The molecule has 3 rings (SSSR count). The highest BCUT2D eigenvalue weighted by molar-refractivity contribution is 7.98. The average Bonchev–Trinajstić information content (AvgIpc) is 3.66. The lowest BCUT2D eigenvalue weighted by Crippen LogP contribution is -2.49. The van der Waals surface area contributed by atoms with Gasteiger partial charge in [-0.15, -0.1) is 0 Å². The Morgan fingerprint density at radius 3 is 2.55 bits per heavy atom. The first-order valence-corrected chi connectivity index (χ1v) is 15.2. The zero-order valence-electron chi connectivity index (χ0n) is 24.5. The molecule has 0 spiro atoms. The number of aryl methyl sites for hydroxylation is 1. The predicted molar refractivity (Wildman–Crippen MR) is 156 cm³/mol. The lowest BCUT2D eigenvalue weighted by atomic mass is 10.1. The molecule has 1 fully saturated rings. The number of carboxylic acids is 2. The fourth-order valence-corrected chi connectivity index (χ4v) is 5.13. The van der Waals surface area contributed by atoms with Gasteiger partial charge in [-0.3, -0.25) is 14.5 Å². The van der Waals surface area contributed by atoms with E-state index in [1.807, 2.05) is 40.3 Å². The van der Waals surface area contributed by atoms with Crippen molar-refractivity contribution in [2.24, 2.45) is 0 Å². The van der Waals surface area contributed by atoms with Crippen molar-refractivity contribution < 1.29 is 47.3 Å². The number of hydrogen-bond donors (Lipinski definition) is 4. The van der Waals surface area contributed by atoms with Crippen LogP contribution in [0, 0.1) is 0 Å². The Labute approximate surface area is 257 Å². The number of methoxy groups -OCH3 is 1. The Hall–Kier alpha value is -3.79. The van der Waals surface area contributed by atoms with Gasteiger partial charge in [0.1, 0.15) is 11.8 Å². The summed E-state index contributed by atoms with van der Waals surface area (Å²) in [5.41, 5.74) is 1.85. The number of rotatable bonds is 15. The number of ether oxygens (including phenoxy) is 1. The highest BCUT2D eigenvalue weighted by Crippen LogP contribution is 2.23. The van der Waals surface area contributed by atoms with E-state index in [0.29, 0.717) is 44.6 Å². The summed E-state index contributed by atoms with van der Waals surface area (Å²) in [6.07, 6.45) is 3.26. The molecule has 2 atom stereocenters. The van der Waals surface area contributed by atoms with Crippen LogP contribution in [0.3, 0.4) is 0 Å². The van der Waals surface area contributed by atoms with E-state index in [2.05, 4.69) is 15.3 Å². The fraction of sp³-hybridized carbons (Fsp3) is 0.536. The number of halogens is 3. The Balaban J connectivity index is 0.000000860. The quantitative estimate of drug-likeness (QED) is 0.226. The molecule has 1 unspecified atom stereocenters. The number of nitrogens with one attached hydrogen (secondary N) is 2. The molecule has 1 aromatic heterocycles. The van der Waals surface area contributed by atoms with Crippen LogP contribution in [0.4, 0.5) is 13.2 Å². The zero-order valence-corrected chi connectivity index (χ0v) is 25.3. The normalized spacial score (nSPS) is 15.3. The molecule has 0 aliphatic carbocycles. The summed E-state index contributed by atoms with van der Waals surface area (Å²) in [5, 5.41) is 19.3. The van der Waals surface area contributed by atoms with Crippen molar-refractivity contribution in [2.75, 3.05) is 38.8 Å². The molecule has 1 saturated heterocycles. The molecule has 2 heterocycles. The fourth-order valence-electron chi connectivity index (χ4n) is 4.65. The SMILES string of the molecule is COc1ccccc1CN(CC(=O)NC(CCSC)C(=O)O)C[C@@H]1CCCN1C(=O)CCc1cnc[nH]1.O=C(O)C(F)(F)F. The van der Waals surface area contributed by atoms with E-state index in [-0.39, 0.29) is 24.4 Å². The average molecular weight is 646 g/mol. The molecule has 244 valence electrons. The van der Waals surface area contributed by atoms with Gasteiger partial charge in [-0.05, 0) is 43.8 Å². The maximum atomic E-state index is 13.0. The Bertz CT molecular complexity index is 1220. The summed E-state index contributed by atoms with van der Waals surface area (Å²) in [6.45, 7) is 1.65. The number of carbonyl (C=O) groups is 4. The predicted octanol–water partition coefficient (Wildman–Crippen LogP) is 2.80. The Morgan fingerprint density at radius 2 is 1.95 bits per heavy atom. The molecule has 2 aromatic rings. The standard InChI is InChI=1S/C26H37N5O5S.C2HF3O2/c1-36-23-8-4-3-6-19(23)15-30(17-24(32)29-22(26(34)35)11-13-37-2)16-21-7-5-12-31(21)25(33)10-9-20-14-27-18-28-20;3-2(4,5)1(6)7/h3-4,6,8,14,18,21-22H,5,7,9-13,15-17H2,1-2H3,(H,27,28)(H,29,32)(H,34,35);(H,6,7)/t21-,22?;/m0./s1. The van der Waals surface area contributed by atoms with Crippen LogP contribution in [0.2, 0.25) is 0 Å². The van der Waals surface area contributed by atoms with Gasteiger partial charge in [0.05, 0.1) is 20.0 Å². The van der Waals surface area contributed by atoms with Gasteiger partial charge in [0.2, 0.25) is 11.8 Å². The van der Waals surface area contributed by atoms with Gasteiger partial charge in [0.25, 0.3) is 0 Å². The number of benzene rings is 1.